The number of para-hydroxylation sites is 1. The number of piperazine rings is 1. The summed E-state index contributed by atoms with van der Waals surface area (Å²) in [6.07, 6.45) is 2.52. The van der Waals surface area contributed by atoms with Gasteiger partial charge >= 0.3 is 0 Å². The van der Waals surface area contributed by atoms with Crippen LogP contribution in [0.1, 0.15) is 23.7 Å². The summed E-state index contributed by atoms with van der Waals surface area (Å²) in [6.45, 7) is 5.81. The summed E-state index contributed by atoms with van der Waals surface area (Å²) in [5, 5.41) is 4.92. The Morgan fingerprint density at radius 1 is 1.32 bits per heavy atom. The van der Waals surface area contributed by atoms with Gasteiger partial charge in [-0.15, -0.1) is 0 Å². The molecule has 0 aliphatic carbocycles. The quantitative estimate of drug-likeness (QED) is 0.719. The Labute approximate surface area is 162 Å². The van der Waals surface area contributed by atoms with Crippen molar-refractivity contribution >= 4 is 22.5 Å². The number of nitrogens with zero attached hydrogens (tertiary/aromatic N) is 4. The van der Waals surface area contributed by atoms with Crippen LogP contribution < -0.4 is 5.56 Å². The van der Waals surface area contributed by atoms with E-state index in [1.54, 1.807) is 23.9 Å². The third-order valence-corrected chi connectivity index (χ3v) is 5.55. The third-order valence-electron chi connectivity index (χ3n) is 5.55. The fraction of sp³-hybridized carbons (Fsp3) is 0.450. The molecular formula is C20H25N5O3. The molecule has 148 valence electrons. The van der Waals surface area contributed by atoms with E-state index >= 15 is 0 Å². The van der Waals surface area contributed by atoms with Crippen LogP contribution in [0.15, 0.2) is 35.3 Å². The summed E-state index contributed by atoms with van der Waals surface area (Å²) in [6, 6.07) is 7.56. The molecule has 0 radical (unpaired) electrons. The lowest BCUT2D eigenvalue weighted by Crippen LogP contribution is -2.55. The van der Waals surface area contributed by atoms with Gasteiger partial charge in [0, 0.05) is 39.3 Å². The molecule has 1 aliphatic rings. The average Bonchev–Trinajstić information content (AvgIpc) is 3.15. The predicted octanol–water partition coefficient (Wildman–Crippen LogP) is 1.36. The van der Waals surface area contributed by atoms with Gasteiger partial charge in [-0.25, -0.2) is 4.52 Å². The van der Waals surface area contributed by atoms with Crippen LogP contribution in [0.3, 0.4) is 0 Å². The van der Waals surface area contributed by atoms with Crippen LogP contribution in [0.5, 0.6) is 0 Å². The Morgan fingerprint density at radius 2 is 2.14 bits per heavy atom. The molecule has 3 aromatic rings. The van der Waals surface area contributed by atoms with Crippen molar-refractivity contribution in [3.63, 3.8) is 0 Å². The van der Waals surface area contributed by atoms with Gasteiger partial charge in [0.25, 0.3) is 11.5 Å². The van der Waals surface area contributed by atoms with Gasteiger partial charge in [-0.1, -0.05) is 19.1 Å². The summed E-state index contributed by atoms with van der Waals surface area (Å²) in [7, 11) is 1.70. The van der Waals surface area contributed by atoms with E-state index in [1.165, 1.54) is 0 Å². The number of carbonyl (C=O) groups excluding carboxylic acids is 1. The van der Waals surface area contributed by atoms with Crippen LogP contribution in [-0.2, 0) is 4.74 Å². The molecule has 1 saturated heterocycles. The molecule has 1 aromatic carbocycles. The normalized spacial score (nSPS) is 18.2. The molecule has 28 heavy (non-hydrogen) atoms. The fourth-order valence-electron chi connectivity index (χ4n) is 3.97. The topological polar surface area (TPSA) is 82.9 Å². The molecular weight excluding hydrogens is 358 g/mol. The first-order valence-electron chi connectivity index (χ1n) is 9.65. The third kappa shape index (κ3) is 3.18. The number of hydrogen-bond donors (Lipinski definition) is 1. The summed E-state index contributed by atoms with van der Waals surface area (Å²) < 4.78 is 6.83. The maximum atomic E-state index is 13.2. The van der Waals surface area contributed by atoms with E-state index in [0.717, 1.165) is 19.5 Å². The Kier molecular flexibility index (Phi) is 5.15. The SMILES string of the molecule is CCC1CN(C(=O)c2cnn3c2[nH]c(=O)c2ccccc23)CCN1CCOC. The van der Waals surface area contributed by atoms with E-state index in [2.05, 4.69) is 21.9 Å². The molecule has 0 spiro atoms. The smallest absolute Gasteiger partial charge is 0.259 e. The molecule has 1 aliphatic heterocycles. The van der Waals surface area contributed by atoms with Gasteiger partial charge in [0.2, 0.25) is 0 Å². The van der Waals surface area contributed by atoms with Crippen molar-refractivity contribution in [3.8, 4) is 0 Å². The van der Waals surface area contributed by atoms with E-state index in [1.807, 2.05) is 23.1 Å². The zero-order chi connectivity index (χ0) is 19.7. The van der Waals surface area contributed by atoms with Crippen molar-refractivity contribution in [3.05, 3.63) is 46.4 Å². The molecule has 0 saturated carbocycles. The van der Waals surface area contributed by atoms with Crippen molar-refractivity contribution in [2.24, 2.45) is 0 Å². The summed E-state index contributed by atoms with van der Waals surface area (Å²) in [5.41, 5.74) is 1.36. The maximum absolute atomic E-state index is 13.2. The largest absolute Gasteiger partial charge is 0.383 e. The van der Waals surface area contributed by atoms with E-state index in [0.29, 0.717) is 47.9 Å². The molecule has 2 aromatic heterocycles. The first-order valence-corrected chi connectivity index (χ1v) is 9.65. The number of amides is 1. The van der Waals surface area contributed by atoms with Crippen molar-refractivity contribution in [1.82, 2.24) is 24.4 Å². The van der Waals surface area contributed by atoms with Gasteiger partial charge in [-0.05, 0) is 18.6 Å². The molecule has 4 rings (SSSR count). The number of rotatable bonds is 5. The highest BCUT2D eigenvalue weighted by Crippen LogP contribution is 2.19. The van der Waals surface area contributed by atoms with E-state index in [-0.39, 0.29) is 11.5 Å². The number of nitrogens with one attached hydrogen (secondary N) is 1. The zero-order valence-corrected chi connectivity index (χ0v) is 16.2. The predicted molar refractivity (Wildman–Crippen MR) is 107 cm³/mol. The molecule has 1 amide bonds. The van der Waals surface area contributed by atoms with Crippen molar-refractivity contribution in [2.45, 2.75) is 19.4 Å². The van der Waals surface area contributed by atoms with Crippen LogP contribution in [0.4, 0.5) is 0 Å². The van der Waals surface area contributed by atoms with Gasteiger partial charge in [-0.2, -0.15) is 5.10 Å². The highest BCUT2D eigenvalue weighted by molar-refractivity contribution is 6.00. The number of benzene rings is 1. The molecule has 1 atom stereocenters. The van der Waals surface area contributed by atoms with Crippen molar-refractivity contribution in [2.75, 3.05) is 39.9 Å². The number of fused-ring (bicyclic) bond motifs is 3. The Balaban J connectivity index is 1.64. The lowest BCUT2D eigenvalue weighted by atomic mass is 10.1. The number of carbonyl (C=O) groups is 1. The number of aromatic amines is 1. The summed E-state index contributed by atoms with van der Waals surface area (Å²) in [4.78, 5) is 32.7. The number of hydrogen-bond acceptors (Lipinski definition) is 5. The standard InChI is InChI=1S/C20H25N5O3/c1-3-14-13-24(9-8-23(14)10-11-28-2)20(27)16-12-21-25-17-7-5-4-6-15(17)19(26)22-18(16)25/h4-7,12,14H,3,8-11,13H2,1-2H3,(H,22,26). The number of methoxy groups -OCH3 is 1. The lowest BCUT2D eigenvalue weighted by molar-refractivity contribution is 0.0386. The van der Waals surface area contributed by atoms with Crippen molar-refractivity contribution in [1.29, 1.82) is 0 Å². The molecule has 0 bridgehead atoms. The minimum Gasteiger partial charge on any atom is -0.383 e. The number of ether oxygens (including phenoxy) is 1. The van der Waals surface area contributed by atoms with Crippen LogP contribution in [0, 0.1) is 0 Å². The lowest BCUT2D eigenvalue weighted by Gasteiger charge is -2.41. The Bertz CT molecular complexity index is 1060. The minimum atomic E-state index is -0.214. The van der Waals surface area contributed by atoms with Gasteiger partial charge in [0.15, 0.2) is 0 Å². The second kappa shape index (κ2) is 7.73. The second-order valence-corrected chi connectivity index (χ2v) is 7.13. The first-order chi connectivity index (χ1) is 13.6. The molecule has 3 heterocycles. The van der Waals surface area contributed by atoms with Gasteiger partial charge < -0.3 is 14.6 Å². The molecule has 8 nitrogen and oxygen atoms in total. The van der Waals surface area contributed by atoms with Crippen LogP contribution in [-0.4, -0.2) is 76.2 Å². The molecule has 8 heteroatoms. The Hall–Kier alpha value is -2.71. The second-order valence-electron chi connectivity index (χ2n) is 7.13. The summed E-state index contributed by atoms with van der Waals surface area (Å²) >= 11 is 0. The minimum absolute atomic E-state index is 0.0919. The molecule has 1 fully saturated rings. The number of aromatic nitrogens is 3. The van der Waals surface area contributed by atoms with Crippen LogP contribution >= 0.6 is 0 Å². The highest BCUT2D eigenvalue weighted by atomic mass is 16.5. The highest BCUT2D eigenvalue weighted by Gasteiger charge is 2.30. The van der Waals surface area contributed by atoms with Gasteiger partial charge in [0.1, 0.15) is 11.2 Å². The van der Waals surface area contributed by atoms with Crippen LogP contribution in [0.2, 0.25) is 0 Å². The average molecular weight is 383 g/mol. The van der Waals surface area contributed by atoms with Gasteiger partial charge in [0.05, 0.1) is 23.7 Å². The first kappa shape index (κ1) is 18.6. The summed E-state index contributed by atoms with van der Waals surface area (Å²) in [5.74, 6) is -0.0919. The maximum Gasteiger partial charge on any atom is 0.259 e. The number of H-pyrrole nitrogens is 1. The fourth-order valence-corrected chi connectivity index (χ4v) is 3.97. The van der Waals surface area contributed by atoms with E-state index in [9.17, 15) is 9.59 Å². The van der Waals surface area contributed by atoms with Crippen molar-refractivity contribution < 1.29 is 9.53 Å². The Morgan fingerprint density at radius 3 is 2.93 bits per heavy atom. The van der Waals surface area contributed by atoms with E-state index in [4.69, 9.17) is 4.74 Å². The zero-order valence-electron chi connectivity index (χ0n) is 16.2. The molecule has 1 unspecified atom stereocenters. The monoisotopic (exact) mass is 383 g/mol. The van der Waals surface area contributed by atoms with Crippen LogP contribution in [0.25, 0.3) is 16.6 Å². The van der Waals surface area contributed by atoms with E-state index < -0.39 is 0 Å². The molecule has 1 N–H and O–H groups in total. The van der Waals surface area contributed by atoms with Gasteiger partial charge in [-0.3, -0.25) is 14.5 Å².